The van der Waals surface area contributed by atoms with E-state index in [1.165, 1.54) is 24.8 Å². The molecule has 0 bridgehead atoms. The maximum Gasteiger partial charge on any atom is 0.306 e. The molecule has 3 saturated carbocycles. The minimum atomic E-state index is -0.624. The fourth-order valence-corrected chi connectivity index (χ4v) is 7.54. The Morgan fingerprint density at radius 1 is 1.08 bits per heavy atom. The van der Waals surface area contributed by atoms with Gasteiger partial charge in [0, 0.05) is 5.92 Å². The molecule has 1 N–H and O–H groups in total. The van der Waals surface area contributed by atoms with Gasteiger partial charge < -0.3 is 5.11 Å². The van der Waals surface area contributed by atoms with Crippen LogP contribution in [0.1, 0.15) is 72.1 Å². The van der Waals surface area contributed by atoms with Crippen LogP contribution in [-0.4, -0.2) is 16.9 Å². The highest BCUT2D eigenvalue weighted by molar-refractivity contribution is 5.79. The summed E-state index contributed by atoms with van der Waals surface area (Å²) in [5.74, 6) is 1.90. The van der Waals surface area contributed by atoms with E-state index in [9.17, 15) is 14.7 Å². The van der Waals surface area contributed by atoms with Gasteiger partial charge in [0.2, 0.25) is 0 Å². The number of aliphatic carboxylic acids is 1. The van der Waals surface area contributed by atoms with Crippen LogP contribution in [0.3, 0.4) is 0 Å². The predicted octanol–water partition coefficient (Wildman–Crippen LogP) is 4.86. The van der Waals surface area contributed by atoms with E-state index in [-0.39, 0.29) is 22.7 Å². The molecule has 0 heterocycles. The Hall–Kier alpha value is -1.12. The Morgan fingerprint density at radius 2 is 1.84 bits per heavy atom. The molecule has 4 aliphatic carbocycles. The molecule has 7 atom stereocenters. The van der Waals surface area contributed by atoms with E-state index in [0.717, 1.165) is 32.1 Å². The molecule has 0 aromatic carbocycles. The van der Waals surface area contributed by atoms with Gasteiger partial charge >= 0.3 is 5.97 Å². The summed E-state index contributed by atoms with van der Waals surface area (Å²) < 4.78 is 0. The minimum absolute atomic E-state index is 0.182. The Labute approximate surface area is 151 Å². The number of carbonyl (C=O) groups excluding carboxylic acids is 1. The fourth-order valence-electron chi connectivity index (χ4n) is 7.54. The molecule has 0 saturated heterocycles. The van der Waals surface area contributed by atoms with Gasteiger partial charge in [0.1, 0.15) is 5.78 Å². The molecule has 0 amide bonds. The minimum Gasteiger partial charge on any atom is -0.481 e. The normalized spacial score (nSPS) is 48.8. The average Bonchev–Trinajstić information content (AvgIpc) is 2.91. The van der Waals surface area contributed by atoms with Crippen molar-refractivity contribution in [1.29, 1.82) is 0 Å². The second-order valence-corrected chi connectivity index (χ2v) is 9.82. The third-order valence-corrected chi connectivity index (χ3v) is 8.94. The Bertz CT molecular complexity index is 635. The number of Topliss-reactive ketones (excluding diaryl/α,β-unsaturated/α-hetero) is 1. The summed E-state index contributed by atoms with van der Waals surface area (Å²) in [4.78, 5) is 23.6. The lowest BCUT2D eigenvalue weighted by atomic mass is 9.47. The van der Waals surface area contributed by atoms with Gasteiger partial charge in [0.15, 0.2) is 0 Å². The van der Waals surface area contributed by atoms with Crippen LogP contribution in [0.15, 0.2) is 11.6 Å². The summed E-state index contributed by atoms with van der Waals surface area (Å²) in [6.45, 7) is 6.58. The first-order valence-electron chi connectivity index (χ1n) is 10.2. The zero-order valence-electron chi connectivity index (χ0n) is 15.9. The number of carboxylic acid groups (broad SMARTS) is 1. The van der Waals surface area contributed by atoms with Crippen LogP contribution in [0, 0.1) is 40.4 Å². The van der Waals surface area contributed by atoms with E-state index in [2.05, 4.69) is 19.9 Å². The molecular weight excluding hydrogens is 312 g/mol. The van der Waals surface area contributed by atoms with Crippen molar-refractivity contribution in [2.24, 2.45) is 40.4 Å². The van der Waals surface area contributed by atoms with Crippen LogP contribution in [0.2, 0.25) is 0 Å². The highest BCUT2D eigenvalue weighted by atomic mass is 16.4. The van der Waals surface area contributed by atoms with E-state index < -0.39 is 5.97 Å². The highest BCUT2D eigenvalue weighted by Gasteiger charge is 2.59. The van der Waals surface area contributed by atoms with Gasteiger partial charge in [0.05, 0.1) is 5.92 Å². The van der Waals surface area contributed by atoms with E-state index in [4.69, 9.17) is 0 Å². The second-order valence-electron chi connectivity index (χ2n) is 9.82. The van der Waals surface area contributed by atoms with Crippen LogP contribution >= 0.6 is 0 Å². The Balaban J connectivity index is 1.63. The predicted molar refractivity (Wildman–Crippen MR) is 97.0 cm³/mol. The van der Waals surface area contributed by atoms with Crippen molar-refractivity contribution < 1.29 is 14.7 Å². The Morgan fingerprint density at radius 3 is 2.52 bits per heavy atom. The van der Waals surface area contributed by atoms with Gasteiger partial charge in [-0.25, -0.2) is 0 Å². The lowest BCUT2D eigenvalue weighted by Gasteiger charge is -2.58. The number of allylic oxidation sites excluding steroid dienone is 2. The van der Waals surface area contributed by atoms with Crippen molar-refractivity contribution in [3.05, 3.63) is 11.6 Å². The van der Waals surface area contributed by atoms with Crippen LogP contribution in [0.25, 0.3) is 0 Å². The Kier molecular flexibility index (Phi) is 3.94. The van der Waals surface area contributed by atoms with Crippen molar-refractivity contribution in [3.63, 3.8) is 0 Å². The summed E-state index contributed by atoms with van der Waals surface area (Å²) >= 11 is 0. The fraction of sp³-hybridized carbons (Fsp3) is 0.818. The molecule has 25 heavy (non-hydrogen) atoms. The maximum absolute atomic E-state index is 12.2. The van der Waals surface area contributed by atoms with Crippen molar-refractivity contribution >= 4 is 11.8 Å². The van der Waals surface area contributed by atoms with Crippen LogP contribution in [-0.2, 0) is 9.59 Å². The number of ketones is 1. The third kappa shape index (κ3) is 2.37. The number of hydrogen-bond donors (Lipinski definition) is 1. The smallest absolute Gasteiger partial charge is 0.306 e. The molecule has 0 radical (unpaired) electrons. The standard InChI is InChI=1S/C22H32O3/c1-13(23)17-6-7-18-16-5-4-15-12-14(20(24)25)8-10-21(15,2)19(16)9-11-22(17,18)3/h4,14,16-19H,5-12H2,1-3H3,(H,24,25)/t14-,16-,17+,18-,19-,21-,22+/m0/s1. The van der Waals surface area contributed by atoms with Crippen LogP contribution in [0.4, 0.5) is 0 Å². The van der Waals surface area contributed by atoms with Crippen molar-refractivity contribution in [3.8, 4) is 0 Å². The number of hydrogen-bond acceptors (Lipinski definition) is 2. The molecule has 0 unspecified atom stereocenters. The molecule has 0 spiro atoms. The van der Waals surface area contributed by atoms with Crippen molar-refractivity contribution in [1.82, 2.24) is 0 Å². The van der Waals surface area contributed by atoms with Crippen LogP contribution in [0.5, 0.6) is 0 Å². The third-order valence-electron chi connectivity index (χ3n) is 8.94. The summed E-state index contributed by atoms with van der Waals surface area (Å²) in [6, 6.07) is 0. The van der Waals surface area contributed by atoms with Crippen LogP contribution < -0.4 is 0 Å². The molecule has 4 aliphatic rings. The van der Waals surface area contributed by atoms with E-state index in [1.54, 1.807) is 6.92 Å². The highest BCUT2D eigenvalue weighted by Crippen LogP contribution is 2.66. The number of carboxylic acids is 1. The number of fused-ring (bicyclic) bond motifs is 5. The summed E-state index contributed by atoms with van der Waals surface area (Å²) in [5, 5.41) is 9.42. The van der Waals surface area contributed by atoms with Crippen molar-refractivity contribution in [2.45, 2.75) is 72.1 Å². The molecule has 3 fully saturated rings. The largest absolute Gasteiger partial charge is 0.481 e. The molecule has 4 rings (SSSR count). The SMILES string of the molecule is CC(=O)[C@H]1CC[C@H]2[C@@H]3CC=C4C[C@@H](C(=O)O)CC[C@]4(C)[C@H]3CC[C@]12C. The molecule has 138 valence electrons. The van der Waals surface area contributed by atoms with Gasteiger partial charge in [-0.05, 0) is 86.9 Å². The van der Waals surface area contributed by atoms with E-state index >= 15 is 0 Å². The van der Waals surface area contributed by atoms with Gasteiger partial charge in [-0.1, -0.05) is 25.5 Å². The quantitative estimate of drug-likeness (QED) is 0.728. The maximum atomic E-state index is 12.2. The van der Waals surface area contributed by atoms with Gasteiger partial charge in [-0.3, -0.25) is 9.59 Å². The molecule has 3 heteroatoms. The first kappa shape index (κ1) is 17.3. The molecule has 0 aliphatic heterocycles. The molecule has 0 aromatic heterocycles. The molecule has 3 nitrogen and oxygen atoms in total. The van der Waals surface area contributed by atoms with E-state index in [0.29, 0.717) is 23.5 Å². The molecular formula is C22H32O3. The van der Waals surface area contributed by atoms with E-state index in [1.807, 2.05) is 0 Å². The topological polar surface area (TPSA) is 54.4 Å². The average molecular weight is 344 g/mol. The summed E-state index contributed by atoms with van der Waals surface area (Å²) in [6.07, 6.45) is 10.8. The zero-order valence-corrected chi connectivity index (χ0v) is 15.9. The van der Waals surface area contributed by atoms with Gasteiger partial charge in [0.25, 0.3) is 0 Å². The summed E-state index contributed by atoms with van der Waals surface area (Å²) in [5.41, 5.74) is 1.83. The first-order valence-corrected chi connectivity index (χ1v) is 10.2. The number of carbonyl (C=O) groups is 2. The van der Waals surface area contributed by atoms with Crippen molar-refractivity contribution in [2.75, 3.05) is 0 Å². The van der Waals surface area contributed by atoms with Gasteiger partial charge in [-0.2, -0.15) is 0 Å². The van der Waals surface area contributed by atoms with Gasteiger partial charge in [-0.15, -0.1) is 0 Å². The molecule has 0 aromatic rings. The second kappa shape index (κ2) is 5.69. The lowest BCUT2D eigenvalue weighted by molar-refractivity contribution is -0.143. The number of rotatable bonds is 2. The summed E-state index contributed by atoms with van der Waals surface area (Å²) in [7, 11) is 0. The zero-order chi connectivity index (χ0) is 18.0. The lowest BCUT2D eigenvalue weighted by Crippen LogP contribution is -2.50. The first-order chi connectivity index (χ1) is 11.8. The monoisotopic (exact) mass is 344 g/mol.